The maximum absolute atomic E-state index is 11.5. The molecule has 112 valence electrons. The van der Waals surface area contributed by atoms with E-state index in [1.54, 1.807) is 18.2 Å². The highest BCUT2D eigenvalue weighted by Gasteiger charge is 2.00. The zero-order valence-corrected chi connectivity index (χ0v) is 12.1. The van der Waals surface area contributed by atoms with Crippen LogP contribution in [0.4, 0.5) is 4.79 Å². The molecule has 0 saturated carbocycles. The zero-order chi connectivity index (χ0) is 15.6. The van der Waals surface area contributed by atoms with E-state index in [0.717, 1.165) is 5.56 Å². The second-order valence-electron chi connectivity index (χ2n) is 4.56. The molecule has 0 atom stereocenters. The molecule has 0 fully saturated rings. The summed E-state index contributed by atoms with van der Waals surface area (Å²) in [5.41, 5.74) is 1.52. The summed E-state index contributed by atoms with van der Waals surface area (Å²) in [5, 5.41) is 12.2. The monoisotopic (exact) mass is 295 g/mol. The number of aromatic hydroxyl groups is 1. The molecule has 2 rings (SSSR count). The van der Waals surface area contributed by atoms with E-state index in [1.165, 1.54) is 0 Å². The van der Waals surface area contributed by atoms with Crippen LogP contribution in [0.1, 0.15) is 17.5 Å². The van der Waals surface area contributed by atoms with Crippen LogP contribution in [0.25, 0.3) is 0 Å². The highest BCUT2D eigenvalue weighted by atomic mass is 16.5. The number of carbonyl (C=O) groups is 1. The Morgan fingerprint density at radius 1 is 1.09 bits per heavy atom. The van der Waals surface area contributed by atoms with Crippen molar-refractivity contribution in [2.24, 2.45) is 0 Å². The van der Waals surface area contributed by atoms with Crippen LogP contribution in [0.3, 0.4) is 0 Å². The number of phenolic OH excluding ortho intramolecular Hbond substituents is 1. The van der Waals surface area contributed by atoms with Crippen LogP contribution in [0.5, 0.6) is 5.75 Å². The van der Waals surface area contributed by atoms with Crippen molar-refractivity contribution in [2.45, 2.75) is 13.0 Å². The number of hydrogen-bond acceptors (Lipinski definition) is 3. The van der Waals surface area contributed by atoms with Gasteiger partial charge in [-0.3, -0.25) is 0 Å². The maximum Gasteiger partial charge on any atom is 0.407 e. The van der Waals surface area contributed by atoms with Crippen molar-refractivity contribution < 1.29 is 14.6 Å². The van der Waals surface area contributed by atoms with Crippen LogP contribution in [0.2, 0.25) is 0 Å². The Morgan fingerprint density at radius 2 is 1.82 bits per heavy atom. The molecule has 0 unspecified atom stereocenters. The molecular weight excluding hydrogens is 278 g/mol. The minimum atomic E-state index is -0.465. The fourth-order valence-corrected chi connectivity index (χ4v) is 1.74. The third kappa shape index (κ3) is 5.22. The van der Waals surface area contributed by atoms with Crippen LogP contribution >= 0.6 is 0 Å². The van der Waals surface area contributed by atoms with Crippen molar-refractivity contribution in [3.05, 3.63) is 65.7 Å². The number of alkyl carbamates (subject to hydrolysis) is 1. The van der Waals surface area contributed by atoms with Gasteiger partial charge in [-0.1, -0.05) is 54.3 Å². The van der Waals surface area contributed by atoms with E-state index in [0.29, 0.717) is 18.5 Å². The van der Waals surface area contributed by atoms with Crippen molar-refractivity contribution in [3.63, 3.8) is 0 Å². The summed E-state index contributed by atoms with van der Waals surface area (Å²) >= 11 is 0. The molecule has 2 aromatic rings. The van der Waals surface area contributed by atoms with Gasteiger partial charge >= 0.3 is 6.09 Å². The summed E-state index contributed by atoms with van der Waals surface area (Å²) in [7, 11) is 0. The van der Waals surface area contributed by atoms with Gasteiger partial charge in [0, 0.05) is 13.0 Å². The van der Waals surface area contributed by atoms with Gasteiger partial charge in [0.25, 0.3) is 0 Å². The number of carbonyl (C=O) groups excluding carboxylic acids is 1. The molecule has 0 aliphatic carbocycles. The summed E-state index contributed by atoms with van der Waals surface area (Å²) < 4.78 is 5.07. The Labute approximate surface area is 129 Å². The normalized spacial score (nSPS) is 9.45. The molecule has 0 saturated heterocycles. The molecule has 4 heteroatoms. The Hall–Kier alpha value is -2.93. The molecule has 0 aromatic heterocycles. The molecule has 0 aliphatic heterocycles. The first-order valence-electron chi connectivity index (χ1n) is 6.97. The smallest absolute Gasteiger partial charge is 0.407 e. The second kappa shape index (κ2) is 8.38. The summed E-state index contributed by atoms with van der Waals surface area (Å²) in [4.78, 5) is 11.5. The van der Waals surface area contributed by atoms with Gasteiger partial charge in [0.15, 0.2) is 0 Å². The first-order valence-corrected chi connectivity index (χ1v) is 6.97. The van der Waals surface area contributed by atoms with E-state index in [4.69, 9.17) is 4.74 Å². The zero-order valence-electron chi connectivity index (χ0n) is 12.1. The molecule has 0 radical (unpaired) electrons. The van der Waals surface area contributed by atoms with Crippen molar-refractivity contribution >= 4 is 6.09 Å². The molecule has 4 nitrogen and oxygen atoms in total. The molecule has 2 N–H and O–H groups in total. The first kappa shape index (κ1) is 15.5. The number of rotatable bonds is 4. The number of phenols is 1. The van der Waals surface area contributed by atoms with Crippen molar-refractivity contribution in [1.82, 2.24) is 5.32 Å². The summed E-state index contributed by atoms with van der Waals surface area (Å²) in [6.07, 6.45) is 0.0163. The summed E-state index contributed by atoms with van der Waals surface area (Å²) in [6, 6.07) is 16.4. The van der Waals surface area contributed by atoms with E-state index in [9.17, 15) is 9.90 Å². The van der Waals surface area contributed by atoms with Crippen LogP contribution < -0.4 is 5.32 Å². The Morgan fingerprint density at radius 3 is 2.59 bits per heavy atom. The van der Waals surface area contributed by atoms with Crippen LogP contribution in [-0.2, 0) is 11.3 Å². The topological polar surface area (TPSA) is 58.6 Å². The van der Waals surface area contributed by atoms with Gasteiger partial charge in [-0.2, -0.15) is 0 Å². The molecule has 1 amide bonds. The molecule has 0 aliphatic rings. The molecule has 0 heterocycles. The van der Waals surface area contributed by atoms with Gasteiger partial charge in [-0.25, -0.2) is 4.79 Å². The number of nitrogens with one attached hydrogen (secondary N) is 1. The number of para-hydroxylation sites is 1. The summed E-state index contributed by atoms with van der Waals surface area (Å²) in [6.45, 7) is 0.643. The SMILES string of the molecule is O=C(NCCC#Cc1ccccc1O)OCc1ccccc1. The summed E-state index contributed by atoms with van der Waals surface area (Å²) in [5.74, 6) is 5.90. The van der Waals surface area contributed by atoms with E-state index in [-0.39, 0.29) is 12.4 Å². The third-order valence-electron chi connectivity index (χ3n) is 2.86. The van der Waals surface area contributed by atoms with E-state index in [2.05, 4.69) is 17.2 Å². The Kier molecular flexibility index (Phi) is 5.89. The third-order valence-corrected chi connectivity index (χ3v) is 2.86. The molecule has 22 heavy (non-hydrogen) atoms. The van der Waals surface area contributed by atoms with Crippen LogP contribution in [0, 0.1) is 11.8 Å². The molecule has 0 bridgehead atoms. The number of amides is 1. The lowest BCUT2D eigenvalue weighted by molar-refractivity contribution is 0.140. The fraction of sp³-hybridized carbons (Fsp3) is 0.167. The number of ether oxygens (including phenoxy) is 1. The lowest BCUT2D eigenvalue weighted by atomic mass is 10.2. The van der Waals surface area contributed by atoms with Crippen molar-refractivity contribution in [3.8, 4) is 17.6 Å². The Balaban J connectivity index is 1.67. The van der Waals surface area contributed by atoms with E-state index >= 15 is 0 Å². The van der Waals surface area contributed by atoms with Crippen LogP contribution in [-0.4, -0.2) is 17.7 Å². The molecular formula is C18H17NO3. The number of benzene rings is 2. The highest BCUT2D eigenvalue weighted by Crippen LogP contribution is 2.13. The second-order valence-corrected chi connectivity index (χ2v) is 4.56. The average Bonchev–Trinajstić information content (AvgIpc) is 2.55. The minimum Gasteiger partial charge on any atom is -0.507 e. The lowest BCUT2D eigenvalue weighted by Gasteiger charge is -2.05. The highest BCUT2D eigenvalue weighted by molar-refractivity contribution is 5.67. The lowest BCUT2D eigenvalue weighted by Crippen LogP contribution is -2.24. The predicted molar refractivity (Wildman–Crippen MR) is 84.2 cm³/mol. The van der Waals surface area contributed by atoms with Crippen molar-refractivity contribution in [1.29, 1.82) is 0 Å². The van der Waals surface area contributed by atoms with Gasteiger partial charge in [-0.05, 0) is 17.7 Å². The minimum absolute atomic E-state index is 0.158. The van der Waals surface area contributed by atoms with Gasteiger partial charge in [0.2, 0.25) is 0 Å². The van der Waals surface area contributed by atoms with E-state index in [1.807, 2.05) is 36.4 Å². The van der Waals surface area contributed by atoms with Gasteiger partial charge < -0.3 is 15.2 Å². The van der Waals surface area contributed by atoms with Gasteiger partial charge in [-0.15, -0.1) is 0 Å². The number of hydrogen-bond donors (Lipinski definition) is 2. The van der Waals surface area contributed by atoms with Crippen molar-refractivity contribution in [2.75, 3.05) is 6.54 Å². The molecule has 0 spiro atoms. The van der Waals surface area contributed by atoms with Gasteiger partial charge in [0.1, 0.15) is 12.4 Å². The first-order chi connectivity index (χ1) is 10.8. The maximum atomic E-state index is 11.5. The van der Waals surface area contributed by atoms with Crippen LogP contribution in [0.15, 0.2) is 54.6 Å². The van der Waals surface area contributed by atoms with Gasteiger partial charge in [0.05, 0.1) is 5.56 Å². The quantitative estimate of drug-likeness (QED) is 0.673. The standard InChI is InChI=1S/C18H17NO3/c20-17-12-5-4-10-16(17)11-6-7-13-19-18(21)22-14-15-8-2-1-3-9-15/h1-5,8-10,12,20H,7,13-14H2,(H,19,21). The predicted octanol–water partition coefficient (Wildman–Crippen LogP) is 3.06. The molecule has 2 aromatic carbocycles. The largest absolute Gasteiger partial charge is 0.507 e. The Bertz CT molecular complexity index is 671. The fourth-order valence-electron chi connectivity index (χ4n) is 1.74. The van der Waals surface area contributed by atoms with E-state index < -0.39 is 6.09 Å². The average molecular weight is 295 g/mol.